The first kappa shape index (κ1) is 11.9. The monoisotopic (exact) mass is 219 g/mol. The predicted molar refractivity (Wildman–Crippen MR) is 61.4 cm³/mol. The molecule has 1 rings (SSSR count). The second-order valence-corrected chi connectivity index (χ2v) is 3.18. The highest BCUT2D eigenvalue weighted by Gasteiger charge is 2.17. The van der Waals surface area contributed by atoms with Crippen LogP contribution in [0.5, 0.6) is 5.75 Å². The molecule has 0 unspecified atom stereocenters. The molecule has 0 fully saturated rings. The van der Waals surface area contributed by atoms with Crippen LogP contribution in [0.25, 0.3) is 0 Å². The summed E-state index contributed by atoms with van der Waals surface area (Å²) in [6, 6.07) is 1.53. The van der Waals surface area contributed by atoms with Gasteiger partial charge in [0.2, 0.25) is 0 Å². The smallest absolute Gasteiger partial charge is 0.338 e. The van der Waals surface area contributed by atoms with Crippen LogP contribution in [0.4, 0.5) is 5.69 Å². The fourth-order valence-corrected chi connectivity index (χ4v) is 1.45. The number of esters is 1. The summed E-state index contributed by atoms with van der Waals surface area (Å²) >= 11 is 0. The minimum Gasteiger partial charge on any atom is -0.495 e. The van der Waals surface area contributed by atoms with E-state index in [-0.39, 0.29) is 0 Å². The molecule has 0 aliphatic carbocycles. The number of methoxy groups -OCH3 is 2. The standard InChI is InChI=1S/C12H13NO3/c1-5-8-7(2)9(12(14)16-4)6-10(15-3)11(8)13/h1,6H,13H2,2-4H3. The third kappa shape index (κ3) is 1.80. The van der Waals surface area contributed by atoms with E-state index in [0.29, 0.717) is 28.1 Å². The van der Waals surface area contributed by atoms with Crippen LogP contribution in [-0.2, 0) is 4.74 Å². The molecule has 0 saturated carbocycles. The molecule has 16 heavy (non-hydrogen) atoms. The number of hydrogen-bond acceptors (Lipinski definition) is 4. The quantitative estimate of drug-likeness (QED) is 0.463. The maximum absolute atomic E-state index is 11.5. The molecule has 0 aromatic heterocycles. The third-order valence-electron chi connectivity index (χ3n) is 2.36. The SMILES string of the molecule is C#Cc1c(C)c(C(=O)OC)cc(OC)c1N. The zero-order chi connectivity index (χ0) is 12.3. The maximum Gasteiger partial charge on any atom is 0.338 e. The van der Waals surface area contributed by atoms with Gasteiger partial charge in [0, 0.05) is 0 Å². The number of ether oxygens (including phenoxy) is 2. The highest BCUT2D eigenvalue weighted by atomic mass is 16.5. The van der Waals surface area contributed by atoms with Gasteiger partial charge in [-0.25, -0.2) is 4.79 Å². The van der Waals surface area contributed by atoms with Crippen molar-refractivity contribution in [3.63, 3.8) is 0 Å². The van der Waals surface area contributed by atoms with Gasteiger partial charge in [-0.3, -0.25) is 0 Å². The van der Waals surface area contributed by atoms with Crippen molar-refractivity contribution in [3.05, 3.63) is 22.8 Å². The van der Waals surface area contributed by atoms with E-state index in [1.165, 1.54) is 20.3 Å². The number of hydrogen-bond donors (Lipinski definition) is 1. The molecule has 0 spiro atoms. The lowest BCUT2D eigenvalue weighted by Crippen LogP contribution is -2.08. The zero-order valence-corrected chi connectivity index (χ0v) is 9.46. The van der Waals surface area contributed by atoms with Gasteiger partial charge in [0.15, 0.2) is 0 Å². The molecule has 0 saturated heterocycles. The first-order chi connectivity index (χ1) is 7.56. The number of nitrogen functional groups attached to an aromatic ring is 1. The first-order valence-electron chi connectivity index (χ1n) is 4.58. The number of nitrogens with two attached hydrogens (primary N) is 1. The van der Waals surface area contributed by atoms with Gasteiger partial charge in [-0.05, 0) is 18.6 Å². The molecule has 4 heteroatoms. The van der Waals surface area contributed by atoms with Crippen LogP contribution < -0.4 is 10.5 Å². The van der Waals surface area contributed by atoms with Crippen LogP contribution in [-0.4, -0.2) is 20.2 Å². The molecule has 0 heterocycles. The van der Waals surface area contributed by atoms with E-state index in [1.807, 2.05) is 0 Å². The van der Waals surface area contributed by atoms with Crippen molar-refractivity contribution < 1.29 is 14.3 Å². The summed E-state index contributed by atoms with van der Waals surface area (Å²) < 4.78 is 9.70. The lowest BCUT2D eigenvalue weighted by Gasteiger charge is -2.12. The fraction of sp³-hybridized carbons (Fsp3) is 0.250. The van der Waals surface area contributed by atoms with Crippen LogP contribution in [0.3, 0.4) is 0 Å². The normalized spacial score (nSPS) is 9.38. The van der Waals surface area contributed by atoms with Crippen LogP contribution in [0.15, 0.2) is 6.07 Å². The average Bonchev–Trinajstić information content (AvgIpc) is 2.29. The summed E-state index contributed by atoms with van der Waals surface area (Å²) in [5, 5.41) is 0. The number of benzene rings is 1. The van der Waals surface area contributed by atoms with Crippen molar-refractivity contribution in [1.29, 1.82) is 0 Å². The maximum atomic E-state index is 11.5. The molecule has 0 amide bonds. The van der Waals surface area contributed by atoms with Crippen LogP contribution >= 0.6 is 0 Å². The van der Waals surface area contributed by atoms with Crippen molar-refractivity contribution in [2.75, 3.05) is 20.0 Å². The van der Waals surface area contributed by atoms with Gasteiger partial charge in [-0.15, -0.1) is 6.42 Å². The van der Waals surface area contributed by atoms with E-state index in [4.69, 9.17) is 16.9 Å². The van der Waals surface area contributed by atoms with Crippen molar-refractivity contribution in [1.82, 2.24) is 0 Å². The van der Waals surface area contributed by atoms with E-state index in [2.05, 4.69) is 10.7 Å². The molecule has 1 aromatic rings. The zero-order valence-electron chi connectivity index (χ0n) is 9.46. The lowest BCUT2D eigenvalue weighted by atomic mass is 10.00. The summed E-state index contributed by atoms with van der Waals surface area (Å²) in [5.74, 6) is 2.35. The van der Waals surface area contributed by atoms with Crippen LogP contribution in [0.2, 0.25) is 0 Å². The Hall–Kier alpha value is -2.15. The summed E-state index contributed by atoms with van der Waals surface area (Å²) in [5.41, 5.74) is 7.59. The number of carbonyl (C=O) groups is 1. The second-order valence-electron chi connectivity index (χ2n) is 3.18. The van der Waals surface area contributed by atoms with Crippen molar-refractivity contribution in [2.45, 2.75) is 6.92 Å². The summed E-state index contributed by atoms with van der Waals surface area (Å²) in [4.78, 5) is 11.5. The van der Waals surface area contributed by atoms with Gasteiger partial charge in [-0.1, -0.05) is 5.92 Å². The summed E-state index contributed by atoms with van der Waals surface area (Å²) in [7, 11) is 2.77. The van der Waals surface area contributed by atoms with Gasteiger partial charge in [0.05, 0.1) is 31.0 Å². The molecule has 0 aliphatic heterocycles. The Morgan fingerprint density at radius 3 is 2.56 bits per heavy atom. The molecule has 0 bridgehead atoms. The number of anilines is 1. The molecular formula is C12H13NO3. The molecule has 1 aromatic carbocycles. The van der Waals surface area contributed by atoms with E-state index in [1.54, 1.807) is 6.92 Å². The van der Waals surface area contributed by atoms with Crippen LogP contribution in [0.1, 0.15) is 21.5 Å². The fourth-order valence-electron chi connectivity index (χ4n) is 1.45. The van der Waals surface area contributed by atoms with Crippen molar-refractivity contribution in [3.8, 4) is 18.1 Å². The van der Waals surface area contributed by atoms with E-state index in [9.17, 15) is 4.79 Å². The van der Waals surface area contributed by atoms with Gasteiger partial charge in [-0.2, -0.15) is 0 Å². The topological polar surface area (TPSA) is 61.5 Å². The molecule has 84 valence electrons. The Kier molecular flexibility index (Phi) is 3.41. The summed E-state index contributed by atoms with van der Waals surface area (Å²) in [6.45, 7) is 1.72. The molecule has 0 aliphatic rings. The Balaban J connectivity index is 3.54. The highest BCUT2D eigenvalue weighted by Crippen LogP contribution is 2.30. The molecule has 2 N–H and O–H groups in total. The minimum absolute atomic E-state index is 0.357. The van der Waals surface area contributed by atoms with E-state index >= 15 is 0 Å². The molecule has 0 atom stereocenters. The van der Waals surface area contributed by atoms with Gasteiger partial charge in [0.1, 0.15) is 5.75 Å². The molecular weight excluding hydrogens is 206 g/mol. The third-order valence-corrected chi connectivity index (χ3v) is 2.36. The van der Waals surface area contributed by atoms with E-state index in [0.717, 1.165) is 0 Å². The summed E-state index contributed by atoms with van der Waals surface area (Å²) in [6.07, 6.45) is 5.35. The number of terminal acetylenes is 1. The lowest BCUT2D eigenvalue weighted by molar-refractivity contribution is 0.0599. The van der Waals surface area contributed by atoms with Crippen molar-refractivity contribution in [2.24, 2.45) is 0 Å². The Bertz CT molecular complexity index is 472. The average molecular weight is 219 g/mol. The predicted octanol–water partition coefficient (Wildman–Crippen LogP) is 1.35. The second kappa shape index (κ2) is 4.58. The van der Waals surface area contributed by atoms with Gasteiger partial charge >= 0.3 is 5.97 Å². The van der Waals surface area contributed by atoms with Gasteiger partial charge < -0.3 is 15.2 Å². The molecule has 4 nitrogen and oxygen atoms in total. The minimum atomic E-state index is -0.465. The Morgan fingerprint density at radius 2 is 2.12 bits per heavy atom. The molecule has 0 radical (unpaired) electrons. The van der Waals surface area contributed by atoms with Crippen LogP contribution in [0, 0.1) is 19.3 Å². The Labute approximate surface area is 94.3 Å². The Morgan fingerprint density at radius 1 is 1.50 bits per heavy atom. The largest absolute Gasteiger partial charge is 0.495 e. The number of rotatable bonds is 2. The van der Waals surface area contributed by atoms with Gasteiger partial charge in [0.25, 0.3) is 0 Å². The highest BCUT2D eigenvalue weighted by molar-refractivity contribution is 5.94. The number of carbonyl (C=O) groups excluding carboxylic acids is 1. The first-order valence-corrected chi connectivity index (χ1v) is 4.58. The van der Waals surface area contributed by atoms with E-state index < -0.39 is 5.97 Å². The van der Waals surface area contributed by atoms with Crippen molar-refractivity contribution >= 4 is 11.7 Å².